The lowest BCUT2D eigenvalue weighted by molar-refractivity contribution is 0.562. The van der Waals surface area contributed by atoms with E-state index in [9.17, 15) is 0 Å². The number of benzene rings is 1. The van der Waals surface area contributed by atoms with Crippen LogP contribution < -0.4 is 5.32 Å². The van der Waals surface area contributed by atoms with Crippen LogP contribution >= 0.6 is 11.8 Å². The van der Waals surface area contributed by atoms with Crippen LogP contribution in [0, 0.1) is 0 Å². The van der Waals surface area contributed by atoms with Gasteiger partial charge in [0.15, 0.2) is 5.16 Å². The van der Waals surface area contributed by atoms with Gasteiger partial charge in [0.2, 0.25) is 0 Å². The predicted molar refractivity (Wildman–Crippen MR) is 77.7 cm³/mol. The normalized spacial score (nSPS) is 12.2. The SMILES string of the molecule is CC(Nc1ccc(Sc2ncn[nH]2)cc1)c1ccoc1. The zero-order chi connectivity index (χ0) is 13.8. The smallest absolute Gasteiger partial charge is 0.188 e. The van der Waals surface area contributed by atoms with E-state index in [1.807, 2.05) is 6.07 Å². The molecule has 3 rings (SSSR count). The number of furan rings is 1. The van der Waals surface area contributed by atoms with Crippen LogP contribution in [0.15, 0.2) is 63.7 Å². The summed E-state index contributed by atoms with van der Waals surface area (Å²) in [4.78, 5) is 5.20. The second-order valence-corrected chi connectivity index (χ2v) is 5.40. The van der Waals surface area contributed by atoms with Crippen molar-refractivity contribution >= 4 is 17.4 Å². The number of anilines is 1. The van der Waals surface area contributed by atoms with E-state index >= 15 is 0 Å². The van der Waals surface area contributed by atoms with Gasteiger partial charge < -0.3 is 9.73 Å². The minimum atomic E-state index is 0.210. The first-order valence-corrected chi connectivity index (χ1v) is 7.05. The van der Waals surface area contributed by atoms with Crippen LogP contribution in [0.4, 0.5) is 5.69 Å². The molecule has 6 heteroatoms. The van der Waals surface area contributed by atoms with E-state index in [4.69, 9.17) is 4.42 Å². The van der Waals surface area contributed by atoms with E-state index in [-0.39, 0.29) is 6.04 Å². The average molecular weight is 286 g/mol. The van der Waals surface area contributed by atoms with E-state index in [2.05, 4.69) is 51.7 Å². The standard InChI is InChI=1S/C14H14N4OS/c1-10(11-6-7-19-8-11)17-12-2-4-13(5-3-12)20-14-15-9-16-18-14/h2-10,17H,1H3,(H,15,16,18). The summed E-state index contributed by atoms with van der Waals surface area (Å²) in [7, 11) is 0. The molecule has 2 N–H and O–H groups in total. The van der Waals surface area contributed by atoms with Crippen LogP contribution in [0.25, 0.3) is 0 Å². The van der Waals surface area contributed by atoms with Gasteiger partial charge in [-0.05, 0) is 37.3 Å². The van der Waals surface area contributed by atoms with Gasteiger partial charge in [0.05, 0.1) is 18.6 Å². The second-order valence-electron chi connectivity index (χ2n) is 4.34. The molecule has 3 aromatic rings. The lowest BCUT2D eigenvalue weighted by Crippen LogP contribution is -2.05. The topological polar surface area (TPSA) is 66.7 Å². The lowest BCUT2D eigenvalue weighted by Gasteiger charge is -2.13. The Balaban J connectivity index is 1.64. The summed E-state index contributed by atoms with van der Waals surface area (Å²) >= 11 is 1.55. The van der Waals surface area contributed by atoms with Crippen LogP contribution in [-0.2, 0) is 0 Å². The number of aromatic amines is 1. The van der Waals surface area contributed by atoms with Crippen molar-refractivity contribution in [3.63, 3.8) is 0 Å². The monoisotopic (exact) mass is 286 g/mol. The van der Waals surface area contributed by atoms with Crippen molar-refractivity contribution in [3.05, 3.63) is 54.7 Å². The van der Waals surface area contributed by atoms with Crippen LogP contribution in [0.3, 0.4) is 0 Å². The highest BCUT2D eigenvalue weighted by atomic mass is 32.2. The van der Waals surface area contributed by atoms with Gasteiger partial charge in [0.25, 0.3) is 0 Å². The summed E-state index contributed by atoms with van der Waals surface area (Å²) in [6, 6.07) is 10.4. The van der Waals surface area contributed by atoms with Crippen LogP contribution in [0.5, 0.6) is 0 Å². The molecule has 2 aromatic heterocycles. The van der Waals surface area contributed by atoms with Crippen LogP contribution in [0.2, 0.25) is 0 Å². The molecule has 1 atom stereocenters. The highest BCUT2D eigenvalue weighted by Crippen LogP contribution is 2.26. The van der Waals surface area contributed by atoms with Gasteiger partial charge >= 0.3 is 0 Å². The molecule has 1 aromatic carbocycles. The number of aromatic nitrogens is 3. The molecule has 0 spiro atoms. The highest BCUT2D eigenvalue weighted by molar-refractivity contribution is 7.99. The third-order valence-corrected chi connectivity index (χ3v) is 3.79. The maximum Gasteiger partial charge on any atom is 0.188 e. The molecule has 0 aliphatic carbocycles. The quantitative estimate of drug-likeness (QED) is 0.748. The van der Waals surface area contributed by atoms with Crippen molar-refractivity contribution in [2.45, 2.75) is 23.0 Å². The fourth-order valence-electron chi connectivity index (χ4n) is 1.83. The summed E-state index contributed by atoms with van der Waals surface area (Å²) in [6.45, 7) is 2.10. The third kappa shape index (κ3) is 3.03. The number of H-pyrrole nitrogens is 1. The van der Waals surface area contributed by atoms with Crippen molar-refractivity contribution in [3.8, 4) is 0 Å². The minimum Gasteiger partial charge on any atom is -0.472 e. The van der Waals surface area contributed by atoms with Gasteiger partial charge in [0, 0.05) is 16.1 Å². The van der Waals surface area contributed by atoms with E-state index in [0.29, 0.717) is 0 Å². The Morgan fingerprint density at radius 2 is 2.10 bits per heavy atom. The molecule has 0 saturated carbocycles. The summed E-state index contributed by atoms with van der Waals surface area (Å²) in [5.41, 5.74) is 2.20. The zero-order valence-corrected chi connectivity index (χ0v) is 11.7. The molecule has 0 aliphatic rings. The Bertz CT molecular complexity index is 634. The number of hydrogen-bond donors (Lipinski definition) is 2. The molecule has 0 aliphatic heterocycles. The summed E-state index contributed by atoms with van der Waals surface area (Å²) in [5.74, 6) is 0. The number of nitrogens with one attached hydrogen (secondary N) is 2. The molecule has 20 heavy (non-hydrogen) atoms. The van der Waals surface area contributed by atoms with E-state index in [0.717, 1.165) is 21.3 Å². The van der Waals surface area contributed by atoms with Crippen molar-refractivity contribution in [1.82, 2.24) is 15.2 Å². The van der Waals surface area contributed by atoms with Crippen molar-refractivity contribution < 1.29 is 4.42 Å². The first-order chi connectivity index (χ1) is 9.81. The molecule has 1 unspecified atom stereocenters. The Morgan fingerprint density at radius 1 is 1.25 bits per heavy atom. The number of hydrogen-bond acceptors (Lipinski definition) is 5. The van der Waals surface area contributed by atoms with Gasteiger partial charge in [-0.3, -0.25) is 5.10 Å². The molecule has 0 amide bonds. The fraction of sp³-hybridized carbons (Fsp3) is 0.143. The molecule has 0 saturated heterocycles. The molecule has 0 radical (unpaired) electrons. The van der Waals surface area contributed by atoms with Gasteiger partial charge in [0.1, 0.15) is 6.33 Å². The van der Waals surface area contributed by atoms with Gasteiger partial charge in [-0.1, -0.05) is 11.8 Å². The molecule has 0 fully saturated rings. The number of nitrogens with zero attached hydrogens (tertiary/aromatic N) is 2. The molecular formula is C14H14N4OS. The largest absolute Gasteiger partial charge is 0.472 e. The first kappa shape index (κ1) is 12.8. The summed E-state index contributed by atoms with van der Waals surface area (Å²) in [5, 5.41) is 10.9. The first-order valence-electron chi connectivity index (χ1n) is 6.23. The van der Waals surface area contributed by atoms with Crippen LogP contribution in [-0.4, -0.2) is 15.2 Å². The third-order valence-electron chi connectivity index (χ3n) is 2.89. The molecule has 0 bridgehead atoms. The van der Waals surface area contributed by atoms with Crippen LogP contribution in [0.1, 0.15) is 18.5 Å². The molecule has 5 nitrogen and oxygen atoms in total. The Labute approximate surface area is 120 Å². The van der Waals surface area contributed by atoms with Crippen molar-refractivity contribution in [1.29, 1.82) is 0 Å². The average Bonchev–Trinajstić information content (AvgIpc) is 3.13. The van der Waals surface area contributed by atoms with Crippen molar-refractivity contribution in [2.75, 3.05) is 5.32 Å². The van der Waals surface area contributed by atoms with Gasteiger partial charge in [-0.2, -0.15) is 5.10 Å². The Hall–Kier alpha value is -2.21. The second kappa shape index (κ2) is 5.83. The summed E-state index contributed by atoms with van der Waals surface area (Å²) in [6.07, 6.45) is 4.95. The predicted octanol–water partition coefficient (Wildman–Crippen LogP) is 3.72. The van der Waals surface area contributed by atoms with E-state index in [1.54, 1.807) is 24.3 Å². The Kier molecular flexibility index (Phi) is 3.73. The van der Waals surface area contributed by atoms with Crippen molar-refractivity contribution in [2.24, 2.45) is 0 Å². The summed E-state index contributed by atoms with van der Waals surface area (Å²) < 4.78 is 5.09. The fourth-order valence-corrected chi connectivity index (χ4v) is 2.52. The lowest BCUT2D eigenvalue weighted by atomic mass is 10.1. The van der Waals surface area contributed by atoms with Gasteiger partial charge in [-0.25, -0.2) is 4.98 Å². The van der Waals surface area contributed by atoms with E-state index in [1.165, 1.54) is 6.33 Å². The molecule has 102 valence electrons. The highest BCUT2D eigenvalue weighted by Gasteiger charge is 2.06. The van der Waals surface area contributed by atoms with E-state index < -0.39 is 0 Å². The number of rotatable bonds is 5. The van der Waals surface area contributed by atoms with Gasteiger partial charge in [-0.15, -0.1) is 0 Å². The maximum absolute atomic E-state index is 5.09. The Morgan fingerprint density at radius 3 is 2.75 bits per heavy atom. The molecule has 2 heterocycles. The molecular weight excluding hydrogens is 272 g/mol. The minimum absolute atomic E-state index is 0.210. The maximum atomic E-state index is 5.09. The zero-order valence-electron chi connectivity index (χ0n) is 10.9.